The highest BCUT2D eigenvalue weighted by atomic mass is 32.2. The maximum Gasteiger partial charge on any atom is 0.243 e. The molecule has 1 aliphatic carbocycles. The lowest BCUT2D eigenvalue weighted by Crippen LogP contribution is -2.47. The van der Waals surface area contributed by atoms with Crippen molar-refractivity contribution in [1.82, 2.24) is 24.6 Å². The number of carbonyl (C=O) groups excluding carboxylic acids is 1. The molecule has 0 radical (unpaired) electrons. The molecule has 170 valence electrons. The highest BCUT2D eigenvalue weighted by Crippen LogP contribution is 2.26. The number of ether oxygens (including phenoxy) is 1. The molecule has 2 aliphatic rings. The Bertz CT molecular complexity index is 1020. The summed E-state index contributed by atoms with van der Waals surface area (Å²) < 4.78 is 34.8. The average molecular weight is 450 g/mol. The monoisotopic (exact) mass is 449 g/mol. The molecule has 1 aromatic carbocycles. The average Bonchev–Trinajstić information content (AvgIpc) is 3.20. The molecule has 31 heavy (non-hydrogen) atoms. The molecule has 1 amide bonds. The van der Waals surface area contributed by atoms with E-state index in [1.165, 1.54) is 10.7 Å². The van der Waals surface area contributed by atoms with Crippen LogP contribution in [0.2, 0.25) is 0 Å². The number of sulfonamides is 1. The molecule has 2 heterocycles. The van der Waals surface area contributed by atoms with Crippen molar-refractivity contribution < 1.29 is 17.9 Å². The molecule has 1 aromatic heterocycles. The van der Waals surface area contributed by atoms with Crippen LogP contribution in [0.4, 0.5) is 0 Å². The predicted octanol–water partition coefficient (Wildman–Crippen LogP) is 1.93. The standard InChI is InChI=1S/C21H31N5O4S/c1-30-13-12-26-20-10-9-18(14-19(20)23-24-26)31(28,29)25-11-5-6-16(15-25)21(27)22-17-7-3-2-4-8-17/h9-10,14,16-17H,2-8,11-13,15H2,1H3,(H,22,27)/t16-/m0/s1. The smallest absolute Gasteiger partial charge is 0.243 e. The van der Waals surface area contributed by atoms with Gasteiger partial charge in [-0.15, -0.1) is 5.10 Å². The number of hydrogen-bond acceptors (Lipinski definition) is 6. The first-order chi connectivity index (χ1) is 15.0. The van der Waals surface area contributed by atoms with E-state index in [0.29, 0.717) is 31.6 Å². The van der Waals surface area contributed by atoms with Crippen molar-refractivity contribution in [3.8, 4) is 0 Å². The van der Waals surface area contributed by atoms with E-state index in [9.17, 15) is 13.2 Å². The van der Waals surface area contributed by atoms with Crippen LogP contribution < -0.4 is 5.32 Å². The first-order valence-electron chi connectivity index (χ1n) is 11.1. The maximum absolute atomic E-state index is 13.3. The fourth-order valence-electron chi connectivity index (χ4n) is 4.55. The van der Waals surface area contributed by atoms with Crippen molar-refractivity contribution in [2.45, 2.75) is 62.4 Å². The van der Waals surface area contributed by atoms with Gasteiger partial charge >= 0.3 is 0 Å². The summed E-state index contributed by atoms with van der Waals surface area (Å²) in [4.78, 5) is 13.0. The van der Waals surface area contributed by atoms with Crippen molar-refractivity contribution in [3.05, 3.63) is 18.2 Å². The SMILES string of the molecule is COCCn1nnc2cc(S(=O)(=O)N3CCC[C@H](C(=O)NC4CCCCC4)C3)ccc21. The fourth-order valence-corrected chi connectivity index (χ4v) is 6.09. The van der Waals surface area contributed by atoms with Gasteiger partial charge in [-0.3, -0.25) is 4.79 Å². The summed E-state index contributed by atoms with van der Waals surface area (Å²) in [5, 5.41) is 11.3. The number of nitrogens with zero attached hydrogens (tertiary/aromatic N) is 4. The second-order valence-corrected chi connectivity index (χ2v) is 10.4. The van der Waals surface area contributed by atoms with Crippen LogP contribution in [-0.2, 0) is 26.1 Å². The van der Waals surface area contributed by atoms with Crippen LogP contribution in [-0.4, -0.2) is 66.5 Å². The van der Waals surface area contributed by atoms with Crippen molar-refractivity contribution in [3.63, 3.8) is 0 Å². The summed E-state index contributed by atoms with van der Waals surface area (Å²) in [7, 11) is -2.09. The van der Waals surface area contributed by atoms with E-state index >= 15 is 0 Å². The Labute approximate surface area is 183 Å². The van der Waals surface area contributed by atoms with Gasteiger partial charge < -0.3 is 10.1 Å². The van der Waals surface area contributed by atoms with Crippen LogP contribution in [0.1, 0.15) is 44.9 Å². The van der Waals surface area contributed by atoms with Crippen molar-refractivity contribution >= 4 is 27.0 Å². The number of carbonyl (C=O) groups is 1. The van der Waals surface area contributed by atoms with E-state index in [1.807, 2.05) is 0 Å². The molecule has 1 N–H and O–H groups in total. The van der Waals surface area contributed by atoms with Gasteiger partial charge in [0.25, 0.3) is 0 Å². The van der Waals surface area contributed by atoms with Gasteiger partial charge in [-0.05, 0) is 43.9 Å². The molecule has 9 nitrogen and oxygen atoms in total. The van der Waals surface area contributed by atoms with Gasteiger partial charge in [0, 0.05) is 26.2 Å². The molecule has 1 atom stereocenters. The molecule has 1 saturated carbocycles. The van der Waals surface area contributed by atoms with E-state index in [1.54, 1.807) is 30.0 Å². The molecule has 10 heteroatoms. The van der Waals surface area contributed by atoms with Crippen LogP contribution >= 0.6 is 0 Å². The second kappa shape index (κ2) is 9.62. The van der Waals surface area contributed by atoms with E-state index < -0.39 is 10.0 Å². The number of rotatable bonds is 7. The normalized spacial score (nSPS) is 21.4. The highest BCUT2D eigenvalue weighted by molar-refractivity contribution is 7.89. The Morgan fingerprint density at radius 1 is 1.19 bits per heavy atom. The Morgan fingerprint density at radius 2 is 2.00 bits per heavy atom. The van der Waals surface area contributed by atoms with Gasteiger partial charge in [-0.1, -0.05) is 24.5 Å². The zero-order valence-electron chi connectivity index (χ0n) is 18.0. The summed E-state index contributed by atoms with van der Waals surface area (Å²) in [5.41, 5.74) is 1.29. The van der Waals surface area contributed by atoms with Crippen LogP contribution in [0.3, 0.4) is 0 Å². The summed E-state index contributed by atoms with van der Waals surface area (Å²) in [6.45, 7) is 1.69. The third-order valence-electron chi connectivity index (χ3n) is 6.34. The Hall–Kier alpha value is -2.04. The van der Waals surface area contributed by atoms with Gasteiger partial charge in [-0.2, -0.15) is 4.31 Å². The molecule has 2 aromatic rings. The predicted molar refractivity (Wildman–Crippen MR) is 116 cm³/mol. The number of aromatic nitrogens is 3. The minimum atomic E-state index is -3.71. The van der Waals surface area contributed by atoms with Crippen LogP contribution in [0.5, 0.6) is 0 Å². The molecule has 0 spiro atoms. The summed E-state index contributed by atoms with van der Waals surface area (Å²) in [5.74, 6) is -0.313. The number of methoxy groups -OCH3 is 1. The molecule has 0 bridgehead atoms. The fraction of sp³-hybridized carbons (Fsp3) is 0.667. The van der Waals surface area contributed by atoms with Gasteiger partial charge in [0.05, 0.1) is 29.5 Å². The molecule has 1 aliphatic heterocycles. The Morgan fingerprint density at radius 3 is 2.77 bits per heavy atom. The van der Waals surface area contributed by atoms with Gasteiger partial charge in [-0.25, -0.2) is 13.1 Å². The lowest BCUT2D eigenvalue weighted by Gasteiger charge is -2.32. The lowest BCUT2D eigenvalue weighted by atomic mass is 9.93. The number of hydrogen-bond donors (Lipinski definition) is 1. The zero-order chi connectivity index (χ0) is 21.8. The second-order valence-electron chi connectivity index (χ2n) is 8.50. The summed E-state index contributed by atoms with van der Waals surface area (Å²) in [6.07, 6.45) is 6.96. The number of benzene rings is 1. The minimum Gasteiger partial charge on any atom is -0.383 e. The van der Waals surface area contributed by atoms with Crippen molar-refractivity contribution in [2.75, 3.05) is 26.8 Å². The molecular weight excluding hydrogens is 418 g/mol. The third kappa shape index (κ3) is 4.91. The zero-order valence-corrected chi connectivity index (χ0v) is 18.8. The van der Waals surface area contributed by atoms with Crippen molar-refractivity contribution in [1.29, 1.82) is 0 Å². The van der Waals surface area contributed by atoms with E-state index in [2.05, 4.69) is 15.6 Å². The highest BCUT2D eigenvalue weighted by Gasteiger charge is 2.34. The van der Waals surface area contributed by atoms with E-state index in [4.69, 9.17) is 4.74 Å². The Kier molecular flexibility index (Phi) is 6.88. The first-order valence-corrected chi connectivity index (χ1v) is 12.6. The van der Waals surface area contributed by atoms with E-state index in [0.717, 1.165) is 37.6 Å². The van der Waals surface area contributed by atoms with Gasteiger partial charge in [0.1, 0.15) is 5.52 Å². The Balaban J connectivity index is 1.46. The maximum atomic E-state index is 13.3. The minimum absolute atomic E-state index is 0.0108. The van der Waals surface area contributed by atoms with Crippen molar-refractivity contribution in [2.24, 2.45) is 5.92 Å². The number of nitrogens with one attached hydrogen (secondary N) is 1. The quantitative estimate of drug-likeness (QED) is 0.692. The van der Waals surface area contributed by atoms with Gasteiger partial charge in [0.15, 0.2) is 0 Å². The molecule has 1 saturated heterocycles. The van der Waals surface area contributed by atoms with Gasteiger partial charge in [0.2, 0.25) is 15.9 Å². The molecule has 4 rings (SSSR count). The molecule has 2 fully saturated rings. The lowest BCUT2D eigenvalue weighted by molar-refractivity contribution is -0.127. The molecular formula is C21H31N5O4S. The largest absolute Gasteiger partial charge is 0.383 e. The third-order valence-corrected chi connectivity index (χ3v) is 8.20. The molecule has 0 unspecified atom stereocenters. The number of amides is 1. The number of fused-ring (bicyclic) bond motifs is 1. The van der Waals surface area contributed by atoms with Crippen LogP contribution in [0.25, 0.3) is 11.0 Å². The summed E-state index contributed by atoms with van der Waals surface area (Å²) >= 11 is 0. The number of piperidine rings is 1. The van der Waals surface area contributed by atoms with Crippen LogP contribution in [0, 0.1) is 5.92 Å². The topological polar surface area (TPSA) is 106 Å². The van der Waals surface area contributed by atoms with Crippen LogP contribution in [0.15, 0.2) is 23.1 Å². The first kappa shape index (κ1) is 22.2. The van der Waals surface area contributed by atoms with E-state index in [-0.39, 0.29) is 29.3 Å². The summed E-state index contributed by atoms with van der Waals surface area (Å²) in [6, 6.07) is 5.12.